The molecular weight excluding hydrogens is 240 g/mol. The molecule has 2 rings (SSSR count). The maximum absolute atomic E-state index is 11.5. The summed E-state index contributed by atoms with van der Waals surface area (Å²) in [5.74, 6) is 2.54. The number of carbonyl (C=O) groups excluding carboxylic acids is 1. The molecule has 1 aliphatic rings. The normalized spacial score (nSPS) is 17.4. The van der Waals surface area contributed by atoms with Crippen molar-refractivity contribution in [1.29, 1.82) is 0 Å². The van der Waals surface area contributed by atoms with Gasteiger partial charge in [-0.2, -0.15) is 16.1 Å². The molecule has 0 atom stereocenters. The summed E-state index contributed by atoms with van der Waals surface area (Å²) >= 11 is 3.42. The second-order valence-electron chi connectivity index (χ2n) is 4.06. The first-order valence-corrected chi connectivity index (χ1v) is 7.43. The van der Waals surface area contributed by atoms with Crippen molar-refractivity contribution in [2.24, 2.45) is 0 Å². The minimum atomic E-state index is 0.110. The van der Waals surface area contributed by atoms with E-state index in [4.69, 9.17) is 0 Å². The highest BCUT2D eigenvalue weighted by Gasteiger charge is 2.19. The van der Waals surface area contributed by atoms with Gasteiger partial charge < -0.3 is 5.32 Å². The largest absolute Gasteiger partial charge is 0.372 e. The number of aromatic nitrogens is 1. The molecule has 5 heteroatoms. The van der Waals surface area contributed by atoms with Crippen LogP contribution in [0, 0.1) is 6.92 Å². The molecule has 0 spiro atoms. The SMILES string of the molecule is CC(=O)c1c(C)nsc1NC1CCSCC1. The van der Waals surface area contributed by atoms with Gasteiger partial charge in [0.25, 0.3) is 0 Å². The Balaban J connectivity index is 2.11. The third-order valence-electron chi connectivity index (χ3n) is 2.77. The van der Waals surface area contributed by atoms with Gasteiger partial charge in [0.1, 0.15) is 5.00 Å². The molecule has 0 aliphatic carbocycles. The number of hydrogen-bond donors (Lipinski definition) is 1. The van der Waals surface area contributed by atoms with Gasteiger partial charge in [-0.05, 0) is 49.7 Å². The zero-order valence-corrected chi connectivity index (χ0v) is 11.2. The van der Waals surface area contributed by atoms with Gasteiger partial charge in [-0.3, -0.25) is 4.79 Å². The molecule has 0 radical (unpaired) electrons. The van der Waals surface area contributed by atoms with Crippen LogP contribution in [-0.2, 0) is 0 Å². The fourth-order valence-corrected chi connectivity index (χ4v) is 3.94. The van der Waals surface area contributed by atoms with Crippen LogP contribution >= 0.6 is 23.3 Å². The van der Waals surface area contributed by atoms with E-state index in [0.29, 0.717) is 6.04 Å². The molecule has 0 bridgehead atoms. The third kappa shape index (κ3) is 2.58. The second-order valence-corrected chi connectivity index (χ2v) is 6.06. The van der Waals surface area contributed by atoms with Gasteiger partial charge in [-0.15, -0.1) is 0 Å². The van der Waals surface area contributed by atoms with E-state index in [2.05, 4.69) is 9.69 Å². The lowest BCUT2D eigenvalue weighted by atomic mass is 10.1. The van der Waals surface area contributed by atoms with Crippen molar-refractivity contribution in [1.82, 2.24) is 4.37 Å². The van der Waals surface area contributed by atoms with E-state index in [-0.39, 0.29) is 5.78 Å². The average molecular weight is 256 g/mol. The van der Waals surface area contributed by atoms with Crippen LogP contribution in [0.4, 0.5) is 5.00 Å². The van der Waals surface area contributed by atoms with Crippen molar-refractivity contribution >= 4 is 34.1 Å². The number of aryl methyl sites for hydroxylation is 1. The van der Waals surface area contributed by atoms with Crippen molar-refractivity contribution in [3.05, 3.63) is 11.3 Å². The minimum absolute atomic E-state index is 0.110. The molecular formula is C11H16N2OS2. The van der Waals surface area contributed by atoms with Crippen molar-refractivity contribution in [2.45, 2.75) is 32.7 Å². The predicted octanol–water partition coefficient (Wildman–Crippen LogP) is 2.96. The van der Waals surface area contributed by atoms with Crippen LogP contribution in [0.5, 0.6) is 0 Å². The summed E-state index contributed by atoms with van der Waals surface area (Å²) in [4.78, 5) is 11.5. The Bertz CT molecular complexity index is 383. The van der Waals surface area contributed by atoms with Gasteiger partial charge in [0, 0.05) is 6.04 Å². The van der Waals surface area contributed by atoms with Gasteiger partial charge in [-0.1, -0.05) is 0 Å². The third-order valence-corrected chi connectivity index (χ3v) is 4.69. The van der Waals surface area contributed by atoms with Crippen molar-refractivity contribution in [3.8, 4) is 0 Å². The number of ketones is 1. The van der Waals surface area contributed by atoms with Crippen molar-refractivity contribution in [2.75, 3.05) is 16.8 Å². The smallest absolute Gasteiger partial charge is 0.164 e. The summed E-state index contributed by atoms with van der Waals surface area (Å²) in [5, 5.41) is 4.43. The highest BCUT2D eigenvalue weighted by molar-refractivity contribution is 7.99. The van der Waals surface area contributed by atoms with E-state index in [1.807, 2.05) is 18.7 Å². The van der Waals surface area contributed by atoms with Crippen LogP contribution in [0.3, 0.4) is 0 Å². The Morgan fingerprint density at radius 3 is 2.75 bits per heavy atom. The molecule has 2 heterocycles. The quantitative estimate of drug-likeness (QED) is 0.844. The molecule has 1 aromatic rings. The standard InChI is InChI=1S/C11H16N2OS2/c1-7-10(8(2)14)11(16-13-7)12-9-3-5-15-6-4-9/h9,12H,3-6H2,1-2H3. The first-order valence-electron chi connectivity index (χ1n) is 5.50. The summed E-state index contributed by atoms with van der Waals surface area (Å²) < 4.78 is 4.26. The highest BCUT2D eigenvalue weighted by Crippen LogP contribution is 2.28. The Morgan fingerprint density at radius 1 is 1.44 bits per heavy atom. The maximum atomic E-state index is 11.5. The number of anilines is 1. The summed E-state index contributed by atoms with van der Waals surface area (Å²) in [7, 11) is 0. The fourth-order valence-electron chi connectivity index (χ4n) is 1.91. The molecule has 1 N–H and O–H groups in total. The molecule has 0 amide bonds. The van der Waals surface area contributed by atoms with Crippen molar-refractivity contribution < 1.29 is 4.79 Å². The molecule has 1 aromatic heterocycles. The number of carbonyl (C=O) groups is 1. The number of Topliss-reactive ketones (excluding diaryl/α,β-unsaturated/α-hetero) is 1. The zero-order chi connectivity index (χ0) is 11.5. The second kappa shape index (κ2) is 5.19. The van der Waals surface area contributed by atoms with Crippen LogP contribution in [0.2, 0.25) is 0 Å². The fraction of sp³-hybridized carbons (Fsp3) is 0.636. The maximum Gasteiger partial charge on any atom is 0.164 e. The Kier molecular flexibility index (Phi) is 3.86. The Labute approximate surface area is 104 Å². The lowest BCUT2D eigenvalue weighted by Gasteiger charge is -2.22. The number of rotatable bonds is 3. The summed E-state index contributed by atoms with van der Waals surface area (Å²) in [6.07, 6.45) is 2.36. The van der Waals surface area contributed by atoms with Crippen LogP contribution in [-0.4, -0.2) is 27.7 Å². The van der Waals surface area contributed by atoms with Gasteiger partial charge >= 0.3 is 0 Å². The molecule has 0 unspecified atom stereocenters. The number of nitrogens with zero attached hydrogens (tertiary/aromatic N) is 1. The lowest BCUT2D eigenvalue weighted by Crippen LogP contribution is -2.24. The van der Waals surface area contributed by atoms with Gasteiger partial charge in [-0.25, -0.2) is 0 Å². The lowest BCUT2D eigenvalue weighted by molar-refractivity contribution is 0.101. The van der Waals surface area contributed by atoms with E-state index in [1.54, 1.807) is 6.92 Å². The molecule has 0 aromatic carbocycles. The monoisotopic (exact) mass is 256 g/mol. The predicted molar refractivity (Wildman–Crippen MR) is 70.8 cm³/mol. The Morgan fingerprint density at radius 2 is 2.12 bits per heavy atom. The van der Waals surface area contributed by atoms with E-state index in [0.717, 1.165) is 16.3 Å². The van der Waals surface area contributed by atoms with Crippen LogP contribution in [0.1, 0.15) is 35.8 Å². The minimum Gasteiger partial charge on any atom is -0.372 e. The topological polar surface area (TPSA) is 42.0 Å². The number of hydrogen-bond acceptors (Lipinski definition) is 5. The average Bonchev–Trinajstić information content (AvgIpc) is 2.61. The molecule has 16 heavy (non-hydrogen) atoms. The van der Waals surface area contributed by atoms with Crippen LogP contribution in [0.25, 0.3) is 0 Å². The van der Waals surface area contributed by atoms with Crippen LogP contribution < -0.4 is 5.32 Å². The van der Waals surface area contributed by atoms with Gasteiger partial charge in [0.05, 0.1) is 11.3 Å². The van der Waals surface area contributed by atoms with Gasteiger partial charge in [0.2, 0.25) is 0 Å². The molecule has 3 nitrogen and oxygen atoms in total. The molecule has 1 aliphatic heterocycles. The highest BCUT2D eigenvalue weighted by atomic mass is 32.2. The van der Waals surface area contributed by atoms with E-state index in [1.165, 1.54) is 35.9 Å². The zero-order valence-electron chi connectivity index (χ0n) is 9.58. The van der Waals surface area contributed by atoms with E-state index < -0.39 is 0 Å². The van der Waals surface area contributed by atoms with Crippen LogP contribution in [0.15, 0.2) is 0 Å². The van der Waals surface area contributed by atoms with Crippen molar-refractivity contribution in [3.63, 3.8) is 0 Å². The first-order chi connectivity index (χ1) is 7.68. The Hall–Kier alpha value is -0.550. The number of nitrogens with one attached hydrogen (secondary N) is 1. The van der Waals surface area contributed by atoms with E-state index in [9.17, 15) is 4.79 Å². The summed E-state index contributed by atoms with van der Waals surface area (Å²) in [6, 6.07) is 0.513. The number of thioether (sulfide) groups is 1. The molecule has 1 saturated heterocycles. The molecule has 88 valence electrons. The summed E-state index contributed by atoms with van der Waals surface area (Å²) in [6.45, 7) is 3.51. The molecule has 1 fully saturated rings. The summed E-state index contributed by atoms with van der Waals surface area (Å²) in [5.41, 5.74) is 1.63. The first kappa shape index (κ1) is 11.9. The molecule has 0 saturated carbocycles. The van der Waals surface area contributed by atoms with Gasteiger partial charge in [0.15, 0.2) is 5.78 Å². The van der Waals surface area contributed by atoms with E-state index >= 15 is 0 Å².